The molecule has 1 aromatic rings. The van der Waals surface area contributed by atoms with E-state index < -0.39 is 0 Å². The van der Waals surface area contributed by atoms with E-state index >= 15 is 0 Å². The highest BCUT2D eigenvalue weighted by atomic mass is 79.9. The average molecular weight is 329 g/mol. The van der Waals surface area contributed by atoms with Crippen molar-refractivity contribution in [2.45, 2.75) is 31.7 Å². The summed E-state index contributed by atoms with van der Waals surface area (Å²) in [6.45, 7) is 1.30. The van der Waals surface area contributed by atoms with Gasteiger partial charge in [-0.1, -0.05) is 0 Å². The first kappa shape index (κ1) is 14.5. The minimum atomic E-state index is -0.390. The van der Waals surface area contributed by atoms with Gasteiger partial charge in [0.25, 0.3) is 5.91 Å². The third-order valence-electron chi connectivity index (χ3n) is 3.55. The van der Waals surface area contributed by atoms with Gasteiger partial charge in [0.05, 0.1) is 5.56 Å². The quantitative estimate of drug-likeness (QED) is 0.927. The molecule has 1 aromatic carbocycles. The Labute approximate surface area is 121 Å². The van der Waals surface area contributed by atoms with E-state index in [9.17, 15) is 9.18 Å². The second-order valence-corrected chi connectivity index (χ2v) is 5.70. The Morgan fingerprint density at radius 1 is 1.47 bits per heavy atom. The molecule has 1 atom stereocenters. The first-order chi connectivity index (χ1) is 9.13. The molecule has 1 aliphatic heterocycles. The van der Waals surface area contributed by atoms with Gasteiger partial charge in [-0.15, -0.1) is 0 Å². The number of amides is 1. The summed E-state index contributed by atoms with van der Waals surface area (Å²) in [5, 5.41) is 0. The van der Waals surface area contributed by atoms with Gasteiger partial charge in [-0.05, 0) is 66.4 Å². The van der Waals surface area contributed by atoms with E-state index in [1.165, 1.54) is 12.1 Å². The van der Waals surface area contributed by atoms with Gasteiger partial charge in [0.1, 0.15) is 5.82 Å². The zero-order chi connectivity index (χ0) is 13.8. The minimum absolute atomic E-state index is 0.107. The van der Waals surface area contributed by atoms with Crippen LogP contribution in [-0.4, -0.2) is 29.9 Å². The molecule has 3 nitrogen and oxygen atoms in total. The van der Waals surface area contributed by atoms with Crippen molar-refractivity contribution in [3.8, 4) is 0 Å². The van der Waals surface area contributed by atoms with Gasteiger partial charge < -0.3 is 10.6 Å². The largest absolute Gasteiger partial charge is 0.336 e. The third kappa shape index (κ3) is 3.34. The van der Waals surface area contributed by atoms with Crippen LogP contribution in [0.2, 0.25) is 0 Å². The lowest BCUT2D eigenvalue weighted by atomic mass is 9.98. The Bertz CT molecular complexity index is 465. The molecular weight excluding hydrogens is 311 g/mol. The van der Waals surface area contributed by atoms with Crippen molar-refractivity contribution in [3.63, 3.8) is 0 Å². The molecule has 19 heavy (non-hydrogen) atoms. The second kappa shape index (κ2) is 6.48. The van der Waals surface area contributed by atoms with E-state index in [2.05, 4.69) is 15.9 Å². The van der Waals surface area contributed by atoms with Gasteiger partial charge in [-0.2, -0.15) is 0 Å². The van der Waals surface area contributed by atoms with E-state index in [1.807, 2.05) is 4.90 Å². The summed E-state index contributed by atoms with van der Waals surface area (Å²) in [4.78, 5) is 14.4. The van der Waals surface area contributed by atoms with Crippen LogP contribution in [0.15, 0.2) is 22.7 Å². The number of likely N-dealkylation sites (tertiary alicyclic amines) is 1. The van der Waals surface area contributed by atoms with Crippen molar-refractivity contribution < 1.29 is 9.18 Å². The molecule has 0 bridgehead atoms. The Kier molecular flexibility index (Phi) is 4.93. The van der Waals surface area contributed by atoms with E-state index in [0.29, 0.717) is 16.6 Å². The molecular formula is C14H18BrFN2O. The molecule has 0 saturated carbocycles. The van der Waals surface area contributed by atoms with Crippen LogP contribution in [0.5, 0.6) is 0 Å². The normalized spacial score (nSPS) is 19.5. The molecule has 0 spiro atoms. The minimum Gasteiger partial charge on any atom is -0.336 e. The molecule has 2 N–H and O–H groups in total. The Hall–Kier alpha value is -0.940. The molecule has 104 valence electrons. The van der Waals surface area contributed by atoms with Crippen molar-refractivity contribution in [2.24, 2.45) is 5.73 Å². The van der Waals surface area contributed by atoms with Crippen LogP contribution in [0.4, 0.5) is 4.39 Å². The molecule has 0 aromatic heterocycles. The highest BCUT2D eigenvalue weighted by Crippen LogP contribution is 2.25. The van der Waals surface area contributed by atoms with E-state index in [-0.39, 0.29) is 17.8 Å². The van der Waals surface area contributed by atoms with Gasteiger partial charge in [-0.25, -0.2) is 4.39 Å². The molecule has 5 heteroatoms. The smallest absolute Gasteiger partial charge is 0.255 e. The second-order valence-electron chi connectivity index (χ2n) is 4.85. The Balaban J connectivity index is 2.23. The summed E-state index contributed by atoms with van der Waals surface area (Å²) in [6, 6.07) is 4.39. The van der Waals surface area contributed by atoms with E-state index in [1.54, 1.807) is 6.07 Å². The molecule has 1 aliphatic rings. The number of piperidine rings is 1. The van der Waals surface area contributed by atoms with E-state index in [4.69, 9.17) is 5.73 Å². The summed E-state index contributed by atoms with van der Waals surface area (Å²) >= 11 is 3.32. The van der Waals surface area contributed by atoms with Crippen LogP contribution in [0.25, 0.3) is 0 Å². The first-order valence-electron chi connectivity index (χ1n) is 6.59. The first-order valence-corrected chi connectivity index (χ1v) is 7.39. The predicted molar refractivity (Wildman–Crippen MR) is 76.4 cm³/mol. The molecule has 1 heterocycles. The summed E-state index contributed by atoms with van der Waals surface area (Å²) < 4.78 is 13.9. The maximum absolute atomic E-state index is 13.3. The van der Waals surface area contributed by atoms with Crippen LogP contribution in [0, 0.1) is 5.82 Å². The number of halogens is 2. The maximum atomic E-state index is 13.3. The van der Waals surface area contributed by atoms with Crippen LogP contribution in [0.3, 0.4) is 0 Å². The number of carbonyl (C=O) groups is 1. The number of rotatable bonds is 3. The highest BCUT2D eigenvalue weighted by Gasteiger charge is 2.28. The molecule has 0 aliphatic carbocycles. The summed E-state index contributed by atoms with van der Waals surface area (Å²) in [7, 11) is 0. The molecule has 1 saturated heterocycles. The van der Waals surface area contributed by atoms with Gasteiger partial charge in [0.15, 0.2) is 0 Å². The van der Waals surface area contributed by atoms with Crippen LogP contribution >= 0.6 is 15.9 Å². The standard InChI is InChI=1S/C14H18BrFN2O/c15-13-5-4-10(16)9-12(13)14(19)18-8-2-1-3-11(18)6-7-17/h4-5,9,11H,1-3,6-8,17H2. The number of carbonyl (C=O) groups excluding carboxylic acids is 1. The summed E-state index contributed by atoms with van der Waals surface area (Å²) in [5.74, 6) is -0.497. The van der Waals surface area contributed by atoms with Gasteiger partial charge in [0.2, 0.25) is 0 Å². The van der Waals surface area contributed by atoms with Crippen molar-refractivity contribution >= 4 is 21.8 Å². The van der Waals surface area contributed by atoms with Gasteiger partial charge >= 0.3 is 0 Å². The summed E-state index contributed by atoms with van der Waals surface area (Å²) in [6.07, 6.45) is 3.91. The lowest BCUT2D eigenvalue weighted by molar-refractivity contribution is 0.0603. The zero-order valence-corrected chi connectivity index (χ0v) is 12.3. The number of hydrogen-bond donors (Lipinski definition) is 1. The molecule has 1 fully saturated rings. The number of hydrogen-bond acceptors (Lipinski definition) is 2. The van der Waals surface area contributed by atoms with Crippen molar-refractivity contribution in [3.05, 3.63) is 34.1 Å². The molecule has 2 rings (SSSR count). The van der Waals surface area contributed by atoms with Crippen molar-refractivity contribution in [2.75, 3.05) is 13.1 Å². The van der Waals surface area contributed by atoms with Crippen LogP contribution in [-0.2, 0) is 0 Å². The molecule has 0 radical (unpaired) electrons. The summed E-state index contributed by atoms with van der Waals surface area (Å²) in [5.41, 5.74) is 6.00. The van der Waals surface area contributed by atoms with Crippen LogP contribution in [0.1, 0.15) is 36.0 Å². The van der Waals surface area contributed by atoms with E-state index in [0.717, 1.165) is 32.2 Å². The van der Waals surface area contributed by atoms with Gasteiger partial charge in [-0.3, -0.25) is 4.79 Å². The van der Waals surface area contributed by atoms with Gasteiger partial charge in [0, 0.05) is 17.1 Å². The molecule has 1 unspecified atom stereocenters. The number of benzene rings is 1. The SMILES string of the molecule is NCCC1CCCCN1C(=O)c1cc(F)ccc1Br. The number of nitrogens with two attached hydrogens (primary N) is 1. The Morgan fingerprint density at radius 3 is 3.00 bits per heavy atom. The monoisotopic (exact) mass is 328 g/mol. The van der Waals surface area contributed by atoms with Crippen molar-refractivity contribution in [1.82, 2.24) is 4.90 Å². The average Bonchev–Trinajstić information content (AvgIpc) is 2.42. The highest BCUT2D eigenvalue weighted by molar-refractivity contribution is 9.10. The maximum Gasteiger partial charge on any atom is 0.255 e. The fraction of sp³-hybridized carbons (Fsp3) is 0.500. The molecule has 1 amide bonds. The lowest BCUT2D eigenvalue weighted by Crippen LogP contribution is -2.44. The fourth-order valence-electron chi connectivity index (χ4n) is 2.58. The lowest BCUT2D eigenvalue weighted by Gasteiger charge is -2.36. The third-order valence-corrected chi connectivity index (χ3v) is 4.24. The topological polar surface area (TPSA) is 46.3 Å². The number of nitrogens with zero attached hydrogens (tertiary/aromatic N) is 1. The van der Waals surface area contributed by atoms with Crippen LogP contribution < -0.4 is 5.73 Å². The predicted octanol–water partition coefficient (Wildman–Crippen LogP) is 2.93. The zero-order valence-electron chi connectivity index (χ0n) is 10.7. The van der Waals surface area contributed by atoms with Crippen molar-refractivity contribution in [1.29, 1.82) is 0 Å². The Morgan fingerprint density at radius 2 is 2.26 bits per heavy atom. The fourth-order valence-corrected chi connectivity index (χ4v) is 2.99.